The van der Waals surface area contributed by atoms with E-state index in [1.54, 1.807) is 30.5 Å². The Labute approximate surface area is 218 Å². The number of nitrogens with zero attached hydrogens (tertiary/aromatic N) is 2. The van der Waals surface area contributed by atoms with E-state index in [0.717, 1.165) is 41.4 Å². The van der Waals surface area contributed by atoms with E-state index in [1.165, 1.54) is 22.7 Å². The van der Waals surface area contributed by atoms with Crippen molar-refractivity contribution in [2.75, 3.05) is 5.32 Å². The summed E-state index contributed by atoms with van der Waals surface area (Å²) in [7, 11) is 0. The highest BCUT2D eigenvalue weighted by Crippen LogP contribution is 2.40. The number of halogens is 1. The number of aliphatic imine (C=N–C) groups is 1. The van der Waals surface area contributed by atoms with Gasteiger partial charge in [0.1, 0.15) is 10.8 Å². The van der Waals surface area contributed by atoms with Crippen LogP contribution in [0, 0.1) is 6.92 Å². The van der Waals surface area contributed by atoms with Gasteiger partial charge < -0.3 is 14.7 Å². The molecule has 0 fully saturated rings. The number of para-hydroxylation sites is 1. The first-order chi connectivity index (χ1) is 17.0. The molecule has 1 aliphatic carbocycles. The molecule has 1 amide bonds. The fraction of sp³-hybridized carbons (Fsp3) is 0.200. The number of carbonyl (C=O) groups excluding carboxylic acids is 1. The molecule has 0 bridgehead atoms. The van der Waals surface area contributed by atoms with Gasteiger partial charge in [0.2, 0.25) is 0 Å². The number of H-pyrrole nitrogens is 1. The number of amides is 1. The Morgan fingerprint density at radius 1 is 1.26 bits per heavy atom. The number of thiophene rings is 1. The van der Waals surface area contributed by atoms with Gasteiger partial charge >= 0.3 is 0 Å². The number of carbonyl (C=O) groups is 1. The molecule has 2 N–H and O–H groups in total. The van der Waals surface area contributed by atoms with Gasteiger partial charge in [0.05, 0.1) is 16.3 Å². The topological polar surface area (TPSA) is 100 Å². The summed E-state index contributed by atoms with van der Waals surface area (Å²) >= 11 is 6.28. The van der Waals surface area contributed by atoms with Crippen molar-refractivity contribution in [1.82, 2.24) is 9.97 Å². The van der Waals surface area contributed by atoms with Gasteiger partial charge in [-0.15, -0.1) is 11.3 Å². The number of hydrogen-bond acceptors (Lipinski definition) is 7. The van der Waals surface area contributed by atoms with Crippen LogP contribution in [0.25, 0.3) is 0 Å². The van der Waals surface area contributed by atoms with Crippen LogP contribution in [0.15, 0.2) is 71.4 Å². The van der Waals surface area contributed by atoms with Crippen LogP contribution in [-0.4, -0.2) is 22.1 Å². The zero-order valence-corrected chi connectivity index (χ0v) is 22.0. The van der Waals surface area contributed by atoms with Crippen molar-refractivity contribution in [3.63, 3.8) is 0 Å². The van der Waals surface area contributed by atoms with E-state index in [0.29, 0.717) is 32.3 Å². The second-order valence-electron chi connectivity index (χ2n) is 8.05. The van der Waals surface area contributed by atoms with Crippen LogP contribution in [0.3, 0.4) is 0 Å². The van der Waals surface area contributed by atoms with Gasteiger partial charge in [-0.2, -0.15) is 0 Å². The van der Waals surface area contributed by atoms with Gasteiger partial charge in [0.15, 0.2) is 10.2 Å². The maximum Gasteiger partial charge on any atom is 0.259 e. The van der Waals surface area contributed by atoms with Gasteiger partial charge in [0, 0.05) is 28.4 Å². The smallest absolute Gasteiger partial charge is 0.259 e. The number of hydrogen-bond donors (Lipinski definition) is 2. The summed E-state index contributed by atoms with van der Waals surface area (Å²) in [6, 6.07) is 12.7. The largest absolute Gasteiger partial charge is 0.447 e. The lowest BCUT2D eigenvalue weighted by atomic mass is 9.95. The maximum atomic E-state index is 13.2. The molecule has 0 saturated heterocycles. The molecule has 0 saturated carbocycles. The lowest BCUT2D eigenvalue weighted by Crippen LogP contribution is -2.14. The molecule has 3 aromatic heterocycles. The third-order valence-corrected chi connectivity index (χ3v) is 8.36. The number of benzene rings is 1. The van der Waals surface area contributed by atoms with Crippen LogP contribution in [0.4, 0.5) is 10.7 Å². The summed E-state index contributed by atoms with van der Waals surface area (Å²) in [5.74, 6) is 0.379. The molecule has 0 unspecified atom stereocenters. The first kappa shape index (κ1) is 23.8. The quantitative estimate of drug-likeness (QED) is 0.203. The number of nitrogens with one attached hydrogen (secondary N) is 2. The van der Waals surface area contributed by atoms with Crippen LogP contribution < -0.4 is 10.9 Å². The highest BCUT2D eigenvalue weighted by Gasteiger charge is 2.25. The van der Waals surface area contributed by atoms with Crippen LogP contribution in [0.5, 0.6) is 0 Å². The van der Waals surface area contributed by atoms with Gasteiger partial charge in [-0.25, -0.2) is 9.98 Å². The lowest BCUT2D eigenvalue weighted by molar-refractivity contribution is 0.102. The SMILES string of the molecule is Cc1cc(=O)[nH]c(Sc2oc(C=Nc3sc4c(c3C(=O)Nc3ccccc3)CCCC4)cc2Br)n1. The van der Waals surface area contributed by atoms with Crippen LogP contribution in [0.1, 0.15) is 45.1 Å². The molecule has 7 nitrogen and oxygen atoms in total. The summed E-state index contributed by atoms with van der Waals surface area (Å²) < 4.78 is 6.65. The molecular weight excluding hydrogens is 548 g/mol. The number of rotatable bonds is 6. The molecular formula is C25H21BrN4O3S2. The minimum Gasteiger partial charge on any atom is -0.447 e. The summed E-state index contributed by atoms with van der Waals surface area (Å²) in [6.45, 7) is 1.76. The summed E-state index contributed by atoms with van der Waals surface area (Å²) in [5, 5.41) is 4.68. The molecule has 1 aliphatic rings. The van der Waals surface area contributed by atoms with Gasteiger partial charge in [0.25, 0.3) is 11.5 Å². The van der Waals surface area contributed by atoms with Crippen LogP contribution >= 0.6 is 39.0 Å². The van der Waals surface area contributed by atoms with Crippen molar-refractivity contribution in [2.45, 2.75) is 42.9 Å². The third-order valence-electron chi connectivity index (χ3n) is 5.43. The van der Waals surface area contributed by atoms with E-state index in [2.05, 4.69) is 36.2 Å². The van der Waals surface area contributed by atoms with E-state index in [4.69, 9.17) is 4.42 Å². The second kappa shape index (κ2) is 10.3. The summed E-state index contributed by atoms with van der Waals surface area (Å²) in [4.78, 5) is 37.9. The third kappa shape index (κ3) is 5.50. The fourth-order valence-electron chi connectivity index (χ4n) is 3.90. The van der Waals surface area contributed by atoms with E-state index in [9.17, 15) is 9.59 Å². The van der Waals surface area contributed by atoms with Gasteiger partial charge in [-0.1, -0.05) is 18.2 Å². The van der Waals surface area contributed by atoms with Crippen LogP contribution in [0.2, 0.25) is 0 Å². The number of aromatic nitrogens is 2. The minimum absolute atomic E-state index is 0.144. The average molecular weight is 570 g/mol. The molecule has 0 aliphatic heterocycles. The Morgan fingerprint density at radius 2 is 2.06 bits per heavy atom. The standard InChI is InChI=1S/C25H21BrN4O3S2/c1-14-11-20(31)30-25(28-14)35-24-18(26)12-16(33-24)13-27-23-21(17-9-5-6-10-19(17)34-23)22(32)29-15-7-3-2-4-8-15/h2-4,7-8,11-13H,5-6,9-10H2,1H3,(H,29,32)(H,28,30,31). The van der Waals surface area contributed by atoms with Crippen molar-refractivity contribution in [2.24, 2.45) is 4.99 Å². The Morgan fingerprint density at radius 3 is 2.86 bits per heavy atom. The molecule has 4 aromatic rings. The summed E-state index contributed by atoms with van der Waals surface area (Å²) in [5.41, 5.74) is 2.92. The van der Waals surface area contributed by atoms with Crippen molar-refractivity contribution >= 4 is 61.8 Å². The minimum atomic E-state index is -0.215. The average Bonchev–Trinajstić information content (AvgIpc) is 3.37. The van der Waals surface area contributed by atoms with Crippen molar-refractivity contribution in [3.8, 4) is 0 Å². The first-order valence-corrected chi connectivity index (χ1v) is 13.5. The Hall–Kier alpha value is -2.95. The normalized spacial score (nSPS) is 13.2. The number of furan rings is 1. The second-order valence-corrected chi connectivity index (χ2v) is 10.9. The molecule has 0 spiro atoms. The number of anilines is 1. The molecule has 3 heterocycles. The zero-order valence-electron chi connectivity index (χ0n) is 18.8. The fourth-order valence-corrected chi connectivity index (χ4v) is 6.49. The Bertz CT molecular complexity index is 1470. The Balaban J connectivity index is 1.42. The molecule has 0 atom stereocenters. The predicted molar refractivity (Wildman–Crippen MR) is 143 cm³/mol. The Kier molecular flexibility index (Phi) is 7.03. The van der Waals surface area contributed by atoms with Crippen molar-refractivity contribution < 1.29 is 9.21 Å². The maximum absolute atomic E-state index is 13.2. The van der Waals surface area contributed by atoms with E-state index in [1.807, 2.05) is 30.3 Å². The van der Waals surface area contributed by atoms with Crippen molar-refractivity contribution in [1.29, 1.82) is 0 Å². The predicted octanol–water partition coefficient (Wildman–Crippen LogP) is 6.53. The molecule has 10 heteroatoms. The summed E-state index contributed by atoms with van der Waals surface area (Å²) in [6.07, 6.45) is 5.66. The number of aromatic amines is 1. The molecule has 5 rings (SSSR count). The lowest BCUT2D eigenvalue weighted by Gasteiger charge is -2.12. The van der Waals surface area contributed by atoms with E-state index >= 15 is 0 Å². The van der Waals surface area contributed by atoms with Gasteiger partial charge in [-0.05, 0) is 78.0 Å². The van der Waals surface area contributed by atoms with E-state index in [-0.39, 0.29) is 11.5 Å². The highest BCUT2D eigenvalue weighted by atomic mass is 79.9. The zero-order chi connectivity index (χ0) is 24.4. The monoisotopic (exact) mass is 568 g/mol. The van der Waals surface area contributed by atoms with E-state index < -0.39 is 0 Å². The molecule has 35 heavy (non-hydrogen) atoms. The first-order valence-electron chi connectivity index (χ1n) is 11.1. The van der Waals surface area contributed by atoms with Crippen LogP contribution in [-0.2, 0) is 12.8 Å². The van der Waals surface area contributed by atoms with Crippen molar-refractivity contribution in [3.05, 3.63) is 84.7 Å². The molecule has 178 valence electrons. The van der Waals surface area contributed by atoms with Gasteiger partial charge in [-0.3, -0.25) is 9.59 Å². The number of aryl methyl sites for hydroxylation is 2. The number of fused-ring (bicyclic) bond motifs is 1. The molecule has 1 aromatic carbocycles. The molecule has 0 radical (unpaired) electrons. The highest BCUT2D eigenvalue weighted by molar-refractivity contribution is 9.10.